The number of halogens is 1. The number of nitrogens with zero attached hydrogens (tertiary/aromatic N) is 2. The molecule has 0 saturated heterocycles. The van der Waals surface area contributed by atoms with E-state index in [0.29, 0.717) is 12.1 Å². The summed E-state index contributed by atoms with van der Waals surface area (Å²) in [5.41, 5.74) is 0.405. The standard InChI is InChI=1S/C21H24FN2O2/c1-26-19-12-10-18(11-13-19)24-20-5-3-2-4-14-23(20)15-21(24,25)16-6-8-17(22)9-7-16/h6-13,25H,2-5,14-15H2,1H3/q+1. The summed E-state index contributed by atoms with van der Waals surface area (Å²) < 4.78 is 21.0. The zero-order valence-corrected chi connectivity index (χ0v) is 15.0. The number of anilines is 1. The maximum atomic E-state index is 13.4. The van der Waals surface area contributed by atoms with E-state index < -0.39 is 5.72 Å². The van der Waals surface area contributed by atoms with Crippen LogP contribution in [-0.2, 0) is 5.72 Å². The van der Waals surface area contributed by atoms with Gasteiger partial charge in [0, 0.05) is 12.0 Å². The number of benzene rings is 2. The molecule has 0 aliphatic carbocycles. The Kier molecular flexibility index (Phi) is 4.41. The van der Waals surface area contributed by atoms with Crippen LogP contribution in [-0.4, -0.2) is 35.7 Å². The van der Waals surface area contributed by atoms with E-state index >= 15 is 0 Å². The number of amidine groups is 1. The van der Waals surface area contributed by atoms with Crippen molar-refractivity contribution in [3.05, 3.63) is 59.9 Å². The first-order valence-corrected chi connectivity index (χ1v) is 9.15. The van der Waals surface area contributed by atoms with Gasteiger partial charge in [-0.25, -0.2) is 4.39 Å². The van der Waals surface area contributed by atoms with E-state index in [-0.39, 0.29) is 5.82 Å². The van der Waals surface area contributed by atoms with Crippen LogP contribution >= 0.6 is 0 Å². The highest BCUT2D eigenvalue weighted by molar-refractivity contribution is 5.97. The Morgan fingerprint density at radius 3 is 2.46 bits per heavy atom. The summed E-state index contributed by atoms with van der Waals surface area (Å²) in [6.45, 7) is 1.42. The largest absolute Gasteiger partial charge is 0.497 e. The van der Waals surface area contributed by atoms with Crippen molar-refractivity contribution in [2.45, 2.75) is 31.4 Å². The van der Waals surface area contributed by atoms with Crippen molar-refractivity contribution in [2.24, 2.45) is 0 Å². The molecule has 5 heteroatoms. The Hall–Kier alpha value is -2.40. The molecule has 2 aliphatic rings. The van der Waals surface area contributed by atoms with Gasteiger partial charge in [0.15, 0.2) is 6.54 Å². The SMILES string of the molecule is COc1ccc(N2C3=[N+](CCCCC3)CC2(O)c2ccc(F)cc2)cc1. The Morgan fingerprint density at radius 2 is 1.77 bits per heavy atom. The third-order valence-electron chi connectivity index (χ3n) is 5.37. The van der Waals surface area contributed by atoms with E-state index in [1.54, 1.807) is 19.2 Å². The van der Waals surface area contributed by atoms with Crippen molar-refractivity contribution in [3.63, 3.8) is 0 Å². The van der Waals surface area contributed by atoms with Crippen molar-refractivity contribution < 1.29 is 18.8 Å². The van der Waals surface area contributed by atoms with Gasteiger partial charge >= 0.3 is 0 Å². The van der Waals surface area contributed by atoms with Crippen LogP contribution in [0.3, 0.4) is 0 Å². The van der Waals surface area contributed by atoms with Gasteiger partial charge in [-0.05, 0) is 67.8 Å². The second-order valence-electron chi connectivity index (χ2n) is 7.01. The van der Waals surface area contributed by atoms with Gasteiger partial charge < -0.3 is 9.84 Å². The predicted octanol–water partition coefficient (Wildman–Crippen LogP) is 3.48. The van der Waals surface area contributed by atoms with Crippen LogP contribution in [0, 0.1) is 5.82 Å². The molecule has 2 aliphatic heterocycles. The highest BCUT2D eigenvalue weighted by Gasteiger charge is 2.54. The molecule has 136 valence electrons. The number of methoxy groups -OCH3 is 1. The van der Waals surface area contributed by atoms with Crippen molar-refractivity contribution in [1.29, 1.82) is 0 Å². The Balaban J connectivity index is 1.81. The van der Waals surface area contributed by atoms with E-state index in [4.69, 9.17) is 4.74 Å². The number of ether oxygens (including phenoxy) is 1. The minimum Gasteiger partial charge on any atom is -0.497 e. The Labute approximate surface area is 153 Å². The van der Waals surface area contributed by atoms with E-state index in [2.05, 4.69) is 4.58 Å². The molecule has 0 radical (unpaired) electrons. The lowest BCUT2D eigenvalue weighted by Crippen LogP contribution is -2.47. The number of aliphatic hydroxyl groups is 1. The van der Waals surface area contributed by atoms with Crippen LogP contribution in [0.1, 0.15) is 31.2 Å². The zero-order chi connectivity index (χ0) is 18.1. The molecule has 2 aromatic carbocycles. The fraction of sp³-hybridized carbons (Fsp3) is 0.381. The third-order valence-corrected chi connectivity index (χ3v) is 5.37. The molecule has 0 aromatic heterocycles. The molecule has 2 heterocycles. The van der Waals surface area contributed by atoms with Gasteiger partial charge in [-0.3, -0.25) is 4.58 Å². The lowest BCUT2D eigenvalue weighted by atomic mass is 10.00. The smallest absolute Gasteiger partial charge is 0.275 e. The normalized spacial score (nSPS) is 23.0. The van der Waals surface area contributed by atoms with Crippen molar-refractivity contribution in [1.82, 2.24) is 0 Å². The van der Waals surface area contributed by atoms with Gasteiger partial charge in [-0.1, -0.05) is 0 Å². The molecule has 1 atom stereocenters. The molecule has 1 N–H and O–H groups in total. The average Bonchev–Trinajstić information content (AvgIpc) is 2.79. The van der Waals surface area contributed by atoms with Crippen LogP contribution in [0.4, 0.5) is 10.1 Å². The molecule has 0 saturated carbocycles. The molecular formula is C21H24FN2O2+. The van der Waals surface area contributed by atoms with Gasteiger partial charge in [0.1, 0.15) is 17.3 Å². The second kappa shape index (κ2) is 6.72. The average molecular weight is 355 g/mol. The highest BCUT2D eigenvalue weighted by Crippen LogP contribution is 2.38. The van der Waals surface area contributed by atoms with Crippen molar-refractivity contribution in [2.75, 3.05) is 25.1 Å². The minimum absolute atomic E-state index is 0.298. The summed E-state index contributed by atoms with van der Waals surface area (Å²) in [7, 11) is 1.64. The maximum absolute atomic E-state index is 13.4. The van der Waals surface area contributed by atoms with Gasteiger partial charge in [0.05, 0.1) is 13.7 Å². The summed E-state index contributed by atoms with van der Waals surface area (Å²) in [4.78, 5) is 2.02. The van der Waals surface area contributed by atoms with Gasteiger partial charge in [0.25, 0.3) is 11.6 Å². The van der Waals surface area contributed by atoms with E-state index in [0.717, 1.165) is 43.1 Å². The summed E-state index contributed by atoms with van der Waals surface area (Å²) in [5, 5.41) is 11.7. The van der Waals surface area contributed by atoms with Crippen molar-refractivity contribution >= 4 is 11.5 Å². The summed E-state index contributed by atoms with van der Waals surface area (Å²) >= 11 is 0. The molecule has 4 nitrogen and oxygen atoms in total. The van der Waals surface area contributed by atoms with Crippen LogP contribution in [0.25, 0.3) is 0 Å². The topological polar surface area (TPSA) is 35.7 Å². The summed E-state index contributed by atoms with van der Waals surface area (Å²) in [5.74, 6) is 1.62. The summed E-state index contributed by atoms with van der Waals surface area (Å²) in [6, 6.07) is 13.9. The van der Waals surface area contributed by atoms with Crippen LogP contribution in [0.5, 0.6) is 5.75 Å². The molecule has 4 rings (SSSR count). The molecule has 26 heavy (non-hydrogen) atoms. The number of hydrogen-bond donors (Lipinski definition) is 1. The first kappa shape index (κ1) is 17.0. The summed E-state index contributed by atoms with van der Waals surface area (Å²) in [6.07, 6.45) is 4.36. The predicted molar refractivity (Wildman–Crippen MR) is 99.2 cm³/mol. The lowest BCUT2D eigenvalue weighted by Gasteiger charge is -2.29. The molecule has 0 amide bonds. The van der Waals surface area contributed by atoms with Crippen LogP contribution < -0.4 is 9.64 Å². The highest BCUT2D eigenvalue weighted by atomic mass is 19.1. The molecule has 2 aromatic rings. The van der Waals surface area contributed by atoms with Crippen LogP contribution in [0.2, 0.25) is 0 Å². The van der Waals surface area contributed by atoms with Gasteiger partial charge in [-0.15, -0.1) is 0 Å². The molecule has 0 spiro atoms. The Morgan fingerprint density at radius 1 is 1.04 bits per heavy atom. The maximum Gasteiger partial charge on any atom is 0.275 e. The Bertz CT molecular complexity index is 817. The molecule has 0 fully saturated rings. The molecular weight excluding hydrogens is 331 g/mol. The molecule has 0 bridgehead atoms. The second-order valence-corrected chi connectivity index (χ2v) is 7.01. The van der Waals surface area contributed by atoms with E-state index in [1.165, 1.54) is 18.6 Å². The van der Waals surface area contributed by atoms with Crippen LogP contribution in [0.15, 0.2) is 48.5 Å². The third kappa shape index (κ3) is 2.86. The fourth-order valence-electron chi connectivity index (χ4n) is 4.05. The van der Waals surface area contributed by atoms with Gasteiger partial charge in [0.2, 0.25) is 0 Å². The number of hydrogen-bond acceptors (Lipinski definition) is 3. The number of rotatable bonds is 3. The van der Waals surface area contributed by atoms with Gasteiger partial charge in [-0.2, -0.15) is 4.90 Å². The lowest BCUT2D eigenvalue weighted by molar-refractivity contribution is -0.534. The molecule has 1 unspecified atom stereocenters. The fourth-order valence-corrected chi connectivity index (χ4v) is 4.05. The van der Waals surface area contributed by atoms with E-state index in [9.17, 15) is 9.50 Å². The first-order chi connectivity index (χ1) is 12.6. The van der Waals surface area contributed by atoms with Crippen molar-refractivity contribution in [3.8, 4) is 5.75 Å². The first-order valence-electron chi connectivity index (χ1n) is 9.15. The quantitative estimate of drug-likeness (QED) is 0.856. The zero-order valence-electron chi connectivity index (χ0n) is 15.0. The minimum atomic E-state index is -1.21. The monoisotopic (exact) mass is 355 g/mol. The van der Waals surface area contributed by atoms with E-state index in [1.807, 2.05) is 29.2 Å².